The molecule has 1 atom stereocenters. The van der Waals surface area contributed by atoms with Crippen molar-refractivity contribution in [1.29, 1.82) is 0 Å². The van der Waals surface area contributed by atoms with E-state index in [1.807, 2.05) is 0 Å². The Kier molecular flexibility index (Phi) is 7.02. The van der Waals surface area contributed by atoms with E-state index in [9.17, 15) is 9.59 Å². The second-order valence-corrected chi connectivity index (χ2v) is 10.3. The average molecular weight is 478 g/mol. The number of amides is 1. The number of ether oxygens (including phenoxy) is 1. The first-order chi connectivity index (χ1) is 16.6. The van der Waals surface area contributed by atoms with Crippen LogP contribution in [-0.2, 0) is 17.0 Å². The van der Waals surface area contributed by atoms with Crippen LogP contribution in [0.3, 0.4) is 0 Å². The molecule has 1 aliphatic carbocycles. The minimum Gasteiger partial charge on any atom is -0.376 e. The molecule has 2 aromatic carbocycles. The quantitative estimate of drug-likeness (QED) is 0.389. The molecule has 0 bridgehead atoms. The summed E-state index contributed by atoms with van der Waals surface area (Å²) in [5, 5.41) is 4.33. The number of hydrogen-bond acceptors (Lipinski definition) is 5. The predicted molar refractivity (Wildman–Crippen MR) is 135 cm³/mol. The second kappa shape index (κ2) is 10.3. The molecule has 178 valence electrons. The lowest BCUT2D eigenvalue weighted by atomic mass is 10.1. The summed E-state index contributed by atoms with van der Waals surface area (Å²) in [4.78, 5) is 31.2. The van der Waals surface area contributed by atoms with Gasteiger partial charge >= 0.3 is 0 Å². The van der Waals surface area contributed by atoms with Gasteiger partial charge in [-0.3, -0.25) is 14.2 Å². The molecule has 6 nitrogen and oxygen atoms in total. The Balaban J connectivity index is 1.46. The Morgan fingerprint density at radius 3 is 2.65 bits per heavy atom. The molecule has 1 aromatic heterocycles. The summed E-state index contributed by atoms with van der Waals surface area (Å²) in [5.41, 5.74) is 3.45. The Morgan fingerprint density at radius 2 is 1.91 bits per heavy atom. The van der Waals surface area contributed by atoms with E-state index in [1.54, 1.807) is 34.5 Å². The van der Waals surface area contributed by atoms with E-state index < -0.39 is 0 Å². The fraction of sp³-hybridized carbons (Fsp3) is 0.444. The van der Waals surface area contributed by atoms with Crippen molar-refractivity contribution in [3.63, 3.8) is 0 Å². The van der Waals surface area contributed by atoms with Crippen molar-refractivity contribution in [1.82, 2.24) is 14.9 Å². The SMILES string of the molecule is Cc1ccc(CSc2nc3cc(C(=O)NC4CCCC4)ccc3c(=O)n2C[C@H]2CCCO2)cc1. The molecule has 2 heterocycles. The number of nitrogens with one attached hydrogen (secondary N) is 1. The van der Waals surface area contributed by atoms with Crippen LogP contribution in [0, 0.1) is 6.92 Å². The number of nitrogens with zero attached hydrogens (tertiary/aromatic N) is 2. The summed E-state index contributed by atoms with van der Waals surface area (Å²) >= 11 is 1.55. The molecule has 34 heavy (non-hydrogen) atoms. The van der Waals surface area contributed by atoms with Crippen molar-refractivity contribution in [2.24, 2.45) is 0 Å². The lowest BCUT2D eigenvalue weighted by Gasteiger charge is -2.17. The largest absolute Gasteiger partial charge is 0.376 e. The minimum atomic E-state index is -0.0898. The zero-order valence-electron chi connectivity index (χ0n) is 19.6. The van der Waals surface area contributed by atoms with E-state index in [0.717, 1.165) is 45.1 Å². The lowest BCUT2D eigenvalue weighted by Crippen LogP contribution is -2.32. The van der Waals surface area contributed by atoms with Gasteiger partial charge in [0.25, 0.3) is 11.5 Å². The number of carbonyl (C=O) groups is 1. The number of aromatic nitrogens is 2. The van der Waals surface area contributed by atoms with E-state index in [2.05, 4.69) is 36.5 Å². The molecule has 0 radical (unpaired) electrons. The van der Waals surface area contributed by atoms with Crippen molar-refractivity contribution in [3.05, 3.63) is 69.5 Å². The first-order valence-corrected chi connectivity index (χ1v) is 13.2. The topological polar surface area (TPSA) is 73.2 Å². The maximum atomic E-state index is 13.5. The van der Waals surface area contributed by atoms with Crippen LogP contribution < -0.4 is 10.9 Å². The molecule has 0 spiro atoms. The Morgan fingerprint density at radius 1 is 1.12 bits per heavy atom. The van der Waals surface area contributed by atoms with Gasteiger partial charge in [0.2, 0.25) is 0 Å². The maximum absolute atomic E-state index is 13.5. The van der Waals surface area contributed by atoms with Gasteiger partial charge in [0.15, 0.2) is 5.16 Å². The van der Waals surface area contributed by atoms with Crippen LogP contribution in [0.5, 0.6) is 0 Å². The molecule has 1 aliphatic heterocycles. The highest BCUT2D eigenvalue weighted by Crippen LogP contribution is 2.25. The van der Waals surface area contributed by atoms with Crippen molar-refractivity contribution in [3.8, 4) is 0 Å². The summed E-state index contributed by atoms with van der Waals surface area (Å²) in [6, 6.07) is 13.9. The lowest BCUT2D eigenvalue weighted by molar-refractivity contribution is 0.0935. The molecule has 1 N–H and O–H groups in total. The van der Waals surface area contributed by atoms with Crippen LogP contribution in [0.4, 0.5) is 0 Å². The van der Waals surface area contributed by atoms with Crippen molar-refractivity contribution in [2.75, 3.05) is 6.61 Å². The van der Waals surface area contributed by atoms with Crippen LogP contribution in [-0.4, -0.2) is 34.2 Å². The number of fused-ring (bicyclic) bond motifs is 1. The molecule has 1 saturated carbocycles. The molecule has 3 aromatic rings. The number of thioether (sulfide) groups is 1. The van der Waals surface area contributed by atoms with Gasteiger partial charge in [0.05, 0.1) is 23.6 Å². The highest BCUT2D eigenvalue weighted by molar-refractivity contribution is 7.98. The van der Waals surface area contributed by atoms with Gasteiger partial charge in [0.1, 0.15) is 0 Å². The van der Waals surface area contributed by atoms with Crippen LogP contribution in [0.2, 0.25) is 0 Å². The minimum absolute atomic E-state index is 0.0344. The van der Waals surface area contributed by atoms with Crippen molar-refractivity contribution >= 4 is 28.6 Å². The summed E-state index contributed by atoms with van der Waals surface area (Å²) < 4.78 is 7.58. The Bertz CT molecular complexity index is 1230. The third kappa shape index (κ3) is 5.20. The molecule has 2 fully saturated rings. The van der Waals surface area contributed by atoms with Crippen LogP contribution in [0.25, 0.3) is 10.9 Å². The van der Waals surface area contributed by atoms with Crippen LogP contribution >= 0.6 is 11.8 Å². The maximum Gasteiger partial charge on any atom is 0.262 e. The fourth-order valence-electron chi connectivity index (χ4n) is 4.78. The molecule has 7 heteroatoms. The third-order valence-corrected chi connectivity index (χ3v) is 7.82. The van der Waals surface area contributed by atoms with Gasteiger partial charge in [0, 0.05) is 24.0 Å². The van der Waals surface area contributed by atoms with Crippen LogP contribution in [0.1, 0.15) is 60.0 Å². The van der Waals surface area contributed by atoms with Gasteiger partial charge in [-0.1, -0.05) is 54.4 Å². The first-order valence-electron chi connectivity index (χ1n) is 12.2. The highest BCUT2D eigenvalue weighted by atomic mass is 32.2. The molecule has 1 amide bonds. The number of aryl methyl sites for hydroxylation is 1. The normalized spacial score (nSPS) is 18.6. The molecule has 0 unspecified atom stereocenters. The van der Waals surface area contributed by atoms with Gasteiger partial charge in [-0.25, -0.2) is 4.98 Å². The van der Waals surface area contributed by atoms with Crippen LogP contribution in [0.15, 0.2) is 52.4 Å². The van der Waals surface area contributed by atoms with Gasteiger partial charge < -0.3 is 10.1 Å². The van der Waals surface area contributed by atoms with Crippen molar-refractivity contribution in [2.45, 2.75) is 75.0 Å². The van der Waals surface area contributed by atoms with Gasteiger partial charge in [-0.2, -0.15) is 0 Å². The second-order valence-electron chi connectivity index (χ2n) is 9.41. The summed E-state index contributed by atoms with van der Waals surface area (Å²) in [7, 11) is 0. The van der Waals surface area contributed by atoms with E-state index in [4.69, 9.17) is 9.72 Å². The smallest absolute Gasteiger partial charge is 0.262 e. The number of carbonyl (C=O) groups excluding carboxylic acids is 1. The number of hydrogen-bond donors (Lipinski definition) is 1. The van der Waals surface area contributed by atoms with Crippen molar-refractivity contribution < 1.29 is 9.53 Å². The monoisotopic (exact) mass is 477 g/mol. The predicted octanol–water partition coefficient (Wildman–Crippen LogP) is 4.85. The molecule has 1 saturated heterocycles. The van der Waals surface area contributed by atoms with E-state index in [-0.39, 0.29) is 23.6 Å². The third-order valence-electron chi connectivity index (χ3n) is 6.77. The van der Waals surface area contributed by atoms with E-state index in [0.29, 0.717) is 33.9 Å². The fourth-order valence-corrected chi connectivity index (χ4v) is 5.74. The van der Waals surface area contributed by atoms with Gasteiger partial charge in [-0.05, 0) is 56.4 Å². The average Bonchev–Trinajstić information content (AvgIpc) is 3.55. The molecule has 5 rings (SSSR count). The molecular formula is C27H31N3O3S. The molecular weight excluding hydrogens is 446 g/mol. The summed E-state index contributed by atoms with van der Waals surface area (Å²) in [6.07, 6.45) is 6.40. The Hall–Kier alpha value is -2.64. The zero-order valence-corrected chi connectivity index (χ0v) is 20.4. The Labute approximate surface area is 204 Å². The number of benzene rings is 2. The zero-order chi connectivity index (χ0) is 23.5. The highest BCUT2D eigenvalue weighted by Gasteiger charge is 2.22. The first kappa shape index (κ1) is 23.1. The van der Waals surface area contributed by atoms with E-state index >= 15 is 0 Å². The van der Waals surface area contributed by atoms with E-state index in [1.165, 1.54) is 11.1 Å². The van der Waals surface area contributed by atoms with Gasteiger partial charge in [-0.15, -0.1) is 0 Å². The molecule has 2 aliphatic rings. The number of rotatable bonds is 7. The summed E-state index contributed by atoms with van der Waals surface area (Å²) in [6.45, 7) is 3.31. The summed E-state index contributed by atoms with van der Waals surface area (Å²) in [5.74, 6) is 0.624. The standard InChI is InChI=1S/C27H31N3O3S/c1-18-8-10-19(11-9-18)17-34-27-29-24-15-20(25(31)28-21-5-2-3-6-21)12-13-23(24)26(32)30(27)16-22-7-4-14-33-22/h8-13,15,21-22H,2-7,14,16-17H2,1H3,(H,28,31)/t22-/m1/s1.